The van der Waals surface area contributed by atoms with Gasteiger partial charge in [0.15, 0.2) is 0 Å². The molecule has 0 saturated heterocycles. The lowest BCUT2D eigenvalue weighted by Crippen LogP contribution is -2.36. The number of carboxylic acid groups (broad SMARTS) is 1. The number of allylic oxidation sites excluding steroid dienone is 1. The molecule has 14 heavy (non-hydrogen) atoms. The molecule has 0 bridgehead atoms. The van der Waals surface area contributed by atoms with Crippen molar-refractivity contribution in [3.63, 3.8) is 0 Å². The van der Waals surface area contributed by atoms with Gasteiger partial charge in [0.1, 0.15) is 6.04 Å². The summed E-state index contributed by atoms with van der Waals surface area (Å²) in [5.74, 6) is 0.684. The molecule has 0 aromatic carbocycles. The quantitative estimate of drug-likeness (QED) is 0.342. The van der Waals surface area contributed by atoms with E-state index in [1.54, 1.807) is 11.8 Å². The number of thioether (sulfide) groups is 1. The maximum atomic E-state index is 10.6. The number of aliphatic carboxylic acids is 1. The maximum absolute atomic E-state index is 10.6. The molecule has 80 valence electrons. The molecule has 1 atom stereocenters. The molecule has 1 unspecified atom stereocenters. The Morgan fingerprint density at radius 2 is 2.29 bits per heavy atom. The van der Waals surface area contributed by atoms with Gasteiger partial charge >= 0.3 is 5.97 Å². The smallest absolute Gasteiger partial charge is 0.326 e. The predicted octanol–water partition coefficient (Wildman–Crippen LogP) is 0.885. The van der Waals surface area contributed by atoms with Crippen molar-refractivity contribution < 1.29 is 14.7 Å². The number of carboxylic acids is 1. The Balaban J connectivity index is 3.55. The molecule has 0 aromatic rings. The Morgan fingerprint density at radius 3 is 2.79 bits per heavy atom. The number of hydrogen-bond donors (Lipinski definition) is 2. The van der Waals surface area contributed by atoms with Gasteiger partial charge in [-0.1, -0.05) is 6.08 Å². The Hall–Kier alpha value is -0.970. The molecule has 0 aromatic heterocycles. The fourth-order valence-electron chi connectivity index (χ4n) is 0.830. The highest BCUT2D eigenvalue weighted by Crippen LogP contribution is 2.06. The zero-order valence-corrected chi connectivity index (χ0v) is 8.76. The first-order chi connectivity index (χ1) is 6.72. The molecule has 0 radical (unpaired) electrons. The summed E-state index contributed by atoms with van der Waals surface area (Å²) in [5, 5.41) is 10.9. The highest BCUT2D eigenvalue weighted by atomic mass is 32.2. The Morgan fingerprint density at radius 1 is 1.57 bits per heavy atom. The summed E-state index contributed by atoms with van der Waals surface area (Å²) in [7, 11) is 0. The van der Waals surface area contributed by atoms with Gasteiger partial charge in [0.05, 0.1) is 0 Å². The molecule has 0 aliphatic rings. The summed E-state index contributed by atoms with van der Waals surface area (Å²) < 4.78 is 0. The molecule has 1 amide bonds. The maximum Gasteiger partial charge on any atom is 0.326 e. The van der Waals surface area contributed by atoms with Crippen molar-refractivity contribution in [1.29, 1.82) is 0 Å². The van der Waals surface area contributed by atoms with E-state index in [4.69, 9.17) is 5.11 Å². The second-order valence-corrected chi connectivity index (χ2v) is 3.88. The van der Waals surface area contributed by atoms with Crippen LogP contribution in [0.15, 0.2) is 12.7 Å². The van der Waals surface area contributed by atoms with Crippen LogP contribution in [0, 0.1) is 0 Å². The minimum atomic E-state index is -0.985. The summed E-state index contributed by atoms with van der Waals surface area (Å²) in [6.07, 6.45) is 3.62. The lowest BCUT2D eigenvalue weighted by molar-refractivity contribution is -0.140. The molecule has 0 fully saturated rings. The molecular formula is C9H15NO3S. The van der Waals surface area contributed by atoms with E-state index in [0.717, 1.165) is 17.9 Å². The molecule has 0 spiro atoms. The molecule has 0 aliphatic heterocycles. The number of amides is 1. The monoisotopic (exact) mass is 217 g/mol. The van der Waals surface area contributed by atoms with Crippen molar-refractivity contribution in [2.75, 3.05) is 11.5 Å². The van der Waals surface area contributed by atoms with Gasteiger partial charge < -0.3 is 10.4 Å². The minimum Gasteiger partial charge on any atom is -0.480 e. The SMILES string of the molecule is C=CCCSCCC(NC=O)C(=O)O. The van der Waals surface area contributed by atoms with Crippen LogP contribution in [0.25, 0.3) is 0 Å². The minimum absolute atomic E-state index is 0.424. The molecule has 4 nitrogen and oxygen atoms in total. The van der Waals surface area contributed by atoms with Gasteiger partial charge in [-0.05, 0) is 24.3 Å². The standard InChI is InChI=1S/C9H15NO3S/c1-2-3-5-14-6-4-8(9(12)13)10-7-11/h2,7-8H,1,3-6H2,(H,10,11)(H,12,13). The van der Waals surface area contributed by atoms with Crippen LogP contribution in [0.4, 0.5) is 0 Å². The van der Waals surface area contributed by atoms with Crippen LogP contribution in [0.2, 0.25) is 0 Å². The van der Waals surface area contributed by atoms with Crippen LogP contribution in [0.5, 0.6) is 0 Å². The summed E-state index contributed by atoms with van der Waals surface area (Å²) in [4.78, 5) is 20.6. The Bertz CT molecular complexity index is 196. The third kappa shape index (κ3) is 6.54. The van der Waals surface area contributed by atoms with Gasteiger partial charge in [0.2, 0.25) is 6.41 Å². The predicted molar refractivity (Wildman–Crippen MR) is 57.4 cm³/mol. The van der Waals surface area contributed by atoms with Gasteiger partial charge in [0.25, 0.3) is 0 Å². The first kappa shape index (κ1) is 13.0. The van der Waals surface area contributed by atoms with E-state index in [1.165, 1.54) is 0 Å². The average molecular weight is 217 g/mol. The Labute approximate surface area is 87.8 Å². The molecular weight excluding hydrogens is 202 g/mol. The Kier molecular flexibility index (Phi) is 8.02. The third-order valence-corrected chi connectivity index (χ3v) is 2.63. The van der Waals surface area contributed by atoms with Crippen molar-refractivity contribution in [2.45, 2.75) is 18.9 Å². The zero-order chi connectivity index (χ0) is 10.8. The van der Waals surface area contributed by atoms with E-state index in [1.807, 2.05) is 6.08 Å². The topological polar surface area (TPSA) is 66.4 Å². The first-order valence-electron chi connectivity index (χ1n) is 4.33. The highest BCUT2D eigenvalue weighted by molar-refractivity contribution is 7.99. The molecule has 2 N–H and O–H groups in total. The number of nitrogens with one attached hydrogen (secondary N) is 1. The van der Waals surface area contributed by atoms with Crippen LogP contribution >= 0.6 is 11.8 Å². The van der Waals surface area contributed by atoms with Gasteiger partial charge in [-0.25, -0.2) is 4.79 Å². The number of carbonyl (C=O) groups excluding carboxylic acids is 1. The van der Waals surface area contributed by atoms with E-state index in [0.29, 0.717) is 12.8 Å². The summed E-state index contributed by atoms with van der Waals surface area (Å²) in [6.45, 7) is 3.58. The fraction of sp³-hybridized carbons (Fsp3) is 0.556. The van der Waals surface area contributed by atoms with Crippen molar-refractivity contribution in [3.8, 4) is 0 Å². The van der Waals surface area contributed by atoms with Crippen LogP contribution in [-0.4, -0.2) is 35.0 Å². The van der Waals surface area contributed by atoms with Gasteiger partial charge in [-0.3, -0.25) is 4.79 Å². The lowest BCUT2D eigenvalue weighted by atomic mass is 10.2. The molecule has 0 saturated carbocycles. The molecule has 0 heterocycles. The first-order valence-corrected chi connectivity index (χ1v) is 5.49. The largest absolute Gasteiger partial charge is 0.480 e. The second-order valence-electron chi connectivity index (χ2n) is 2.65. The fourth-order valence-corrected chi connectivity index (χ4v) is 1.77. The van der Waals surface area contributed by atoms with Gasteiger partial charge in [-0.2, -0.15) is 11.8 Å². The van der Waals surface area contributed by atoms with Crippen LogP contribution < -0.4 is 5.32 Å². The van der Waals surface area contributed by atoms with Crippen LogP contribution in [0.3, 0.4) is 0 Å². The third-order valence-electron chi connectivity index (χ3n) is 1.58. The summed E-state index contributed by atoms with van der Waals surface area (Å²) in [6, 6.07) is -0.760. The second kappa shape index (κ2) is 8.62. The van der Waals surface area contributed by atoms with Crippen molar-refractivity contribution in [2.24, 2.45) is 0 Å². The van der Waals surface area contributed by atoms with E-state index < -0.39 is 12.0 Å². The lowest BCUT2D eigenvalue weighted by Gasteiger charge is -2.09. The van der Waals surface area contributed by atoms with Crippen molar-refractivity contribution in [3.05, 3.63) is 12.7 Å². The van der Waals surface area contributed by atoms with Gasteiger partial charge in [-0.15, -0.1) is 6.58 Å². The van der Waals surface area contributed by atoms with E-state index in [2.05, 4.69) is 11.9 Å². The average Bonchev–Trinajstić information content (AvgIpc) is 2.15. The number of carbonyl (C=O) groups is 2. The number of rotatable bonds is 9. The van der Waals surface area contributed by atoms with Crippen LogP contribution in [0.1, 0.15) is 12.8 Å². The highest BCUT2D eigenvalue weighted by Gasteiger charge is 2.14. The zero-order valence-electron chi connectivity index (χ0n) is 7.94. The molecule has 5 heteroatoms. The summed E-state index contributed by atoms with van der Waals surface area (Å²) >= 11 is 1.66. The van der Waals surface area contributed by atoms with E-state index in [-0.39, 0.29) is 0 Å². The van der Waals surface area contributed by atoms with Gasteiger partial charge in [0, 0.05) is 0 Å². The molecule has 0 aliphatic carbocycles. The van der Waals surface area contributed by atoms with Crippen LogP contribution in [-0.2, 0) is 9.59 Å². The van der Waals surface area contributed by atoms with Crippen molar-refractivity contribution in [1.82, 2.24) is 5.32 Å². The number of hydrogen-bond acceptors (Lipinski definition) is 3. The summed E-state index contributed by atoms with van der Waals surface area (Å²) in [5.41, 5.74) is 0. The normalized spacial score (nSPS) is 11.7. The van der Waals surface area contributed by atoms with E-state index >= 15 is 0 Å². The molecule has 0 rings (SSSR count). The van der Waals surface area contributed by atoms with Crippen molar-refractivity contribution >= 4 is 24.1 Å². The van der Waals surface area contributed by atoms with E-state index in [9.17, 15) is 9.59 Å².